The van der Waals surface area contributed by atoms with Crippen LogP contribution in [-0.4, -0.2) is 13.1 Å². The van der Waals surface area contributed by atoms with Crippen LogP contribution in [-0.2, 0) is 22.5 Å². The molecule has 0 aromatic heterocycles. The number of benzene rings is 3. The van der Waals surface area contributed by atoms with Gasteiger partial charge in [-0.15, -0.1) is 0 Å². The number of nitrogens with one attached hydrogen (secondary N) is 1. The van der Waals surface area contributed by atoms with Crippen LogP contribution in [0.15, 0.2) is 91.0 Å². The molecule has 3 aromatic rings. The second-order valence-corrected chi connectivity index (χ2v) is 6.57. The molecule has 0 radical (unpaired) electrons. The van der Waals surface area contributed by atoms with E-state index in [4.69, 9.17) is 4.74 Å². The predicted molar refractivity (Wildman–Crippen MR) is 108 cm³/mol. The molecule has 2 unspecified atom stereocenters. The van der Waals surface area contributed by atoms with Crippen molar-refractivity contribution in [1.29, 1.82) is 0 Å². The van der Waals surface area contributed by atoms with E-state index in [1.54, 1.807) is 0 Å². The summed E-state index contributed by atoms with van der Waals surface area (Å²) in [5.41, 5.74) is 3.39. The summed E-state index contributed by atoms with van der Waals surface area (Å²) in [6.45, 7) is 0.683. The summed E-state index contributed by atoms with van der Waals surface area (Å²) in [7, 11) is 1.46. The SMILES string of the molecule is COC(=O)C(Cc1ccccc1)C(NCc1ccccc1)c1ccccc1. The van der Waals surface area contributed by atoms with Gasteiger partial charge in [-0.1, -0.05) is 91.0 Å². The first-order valence-electron chi connectivity index (χ1n) is 9.22. The molecule has 1 N–H and O–H groups in total. The molecule has 0 spiro atoms. The summed E-state index contributed by atoms with van der Waals surface area (Å²) in [5, 5.41) is 3.59. The Balaban J connectivity index is 1.88. The number of rotatable bonds is 8. The van der Waals surface area contributed by atoms with Crippen LogP contribution in [0, 0.1) is 5.92 Å². The van der Waals surface area contributed by atoms with Gasteiger partial charge >= 0.3 is 5.97 Å². The molecule has 3 heteroatoms. The zero-order valence-corrected chi connectivity index (χ0v) is 15.5. The Labute approximate surface area is 161 Å². The molecule has 3 rings (SSSR count). The molecule has 3 aromatic carbocycles. The van der Waals surface area contributed by atoms with Crippen molar-refractivity contribution < 1.29 is 9.53 Å². The van der Waals surface area contributed by atoms with E-state index >= 15 is 0 Å². The molecule has 0 saturated carbocycles. The second-order valence-electron chi connectivity index (χ2n) is 6.57. The van der Waals surface area contributed by atoms with Gasteiger partial charge in [0.15, 0.2) is 0 Å². The van der Waals surface area contributed by atoms with E-state index in [1.165, 1.54) is 12.7 Å². The van der Waals surface area contributed by atoms with Crippen molar-refractivity contribution in [2.24, 2.45) is 5.92 Å². The van der Waals surface area contributed by atoms with Gasteiger partial charge in [0.1, 0.15) is 0 Å². The highest BCUT2D eigenvalue weighted by Crippen LogP contribution is 2.27. The largest absolute Gasteiger partial charge is 0.469 e. The van der Waals surface area contributed by atoms with Crippen molar-refractivity contribution in [3.63, 3.8) is 0 Å². The van der Waals surface area contributed by atoms with E-state index in [1.807, 2.05) is 54.6 Å². The Kier molecular flexibility index (Phi) is 6.78. The molecule has 0 fully saturated rings. The van der Waals surface area contributed by atoms with E-state index in [9.17, 15) is 4.79 Å². The maximum absolute atomic E-state index is 12.7. The topological polar surface area (TPSA) is 38.3 Å². The summed E-state index contributed by atoms with van der Waals surface area (Å²) in [6, 6.07) is 30.3. The van der Waals surface area contributed by atoms with E-state index in [0.29, 0.717) is 13.0 Å². The maximum Gasteiger partial charge on any atom is 0.310 e. The predicted octanol–water partition coefficient (Wildman–Crippen LogP) is 4.55. The number of carbonyl (C=O) groups is 1. The quantitative estimate of drug-likeness (QED) is 0.600. The average molecular weight is 359 g/mol. The van der Waals surface area contributed by atoms with E-state index in [0.717, 1.165) is 11.1 Å². The summed E-state index contributed by atoms with van der Waals surface area (Å²) in [4.78, 5) is 12.7. The second kappa shape index (κ2) is 9.70. The molecule has 0 amide bonds. The van der Waals surface area contributed by atoms with Crippen LogP contribution < -0.4 is 5.32 Å². The van der Waals surface area contributed by atoms with Crippen LogP contribution in [0.25, 0.3) is 0 Å². The van der Waals surface area contributed by atoms with Gasteiger partial charge in [-0.25, -0.2) is 0 Å². The van der Waals surface area contributed by atoms with Crippen molar-refractivity contribution in [1.82, 2.24) is 5.32 Å². The first kappa shape index (κ1) is 18.9. The van der Waals surface area contributed by atoms with Gasteiger partial charge in [-0.3, -0.25) is 4.79 Å². The number of esters is 1. The van der Waals surface area contributed by atoms with Gasteiger partial charge in [0.25, 0.3) is 0 Å². The lowest BCUT2D eigenvalue weighted by atomic mass is 9.87. The van der Waals surface area contributed by atoms with Gasteiger partial charge in [0, 0.05) is 12.6 Å². The first-order chi connectivity index (χ1) is 13.3. The molecule has 3 nitrogen and oxygen atoms in total. The molecule has 27 heavy (non-hydrogen) atoms. The third-order valence-corrected chi connectivity index (χ3v) is 4.73. The minimum absolute atomic E-state index is 0.140. The number of methoxy groups -OCH3 is 1. The van der Waals surface area contributed by atoms with Gasteiger partial charge < -0.3 is 10.1 Å². The zero-order chi connectivity index (χ0) is 18.9. The fourth-order valence-electron chi connectivity index (χ4n) is 3.33. The number of hydrogen-bond donors (Lipinski definition) is 1. The highest BCUT2D eigenvalue weighted by molar-refractivity contribution is 5.74. The minimum atomic E-state index is -0.316. The van der Waals surface area contributed by atoms with Gasteiger partial charge in [-0.05, 0) is 23.1 Å². The molecule has 2 atom stereocenters. The Morgan fingerprint density at radius 3 is 1.89 bits per heavy atom. The summed E-state index contributed by atoms with van der Waals surface area (Å²) >= 11 is 0. The van der Waals surface area contributed by atoms with Crippen molar-refractivity contribution in [2.45, 2.75) is 19.0 Å². The lowest BCUT2D eigenvalue weighted by molar-refractivity contribution is -0.146. The third kappa shape index (κ3) is 5.28. The van der Waals surface area contributed by atoms with Crippen LogP contribution in [0.1, 0.15) is 22.7 Å². The Morgan fingerprint density at radius 1 is 0.815 bits per heavy atom. The highest BCUT2D eigenvalue weighted by atomic mass is 16.5. The van der Waals surface area contributed by atoms with Gasteiger partial charge in [-0.2, -0.15) is 0 Å². The fraction of sp³-hybridized carbons (Fsp3) is 0.208. The zero-order valence-electron chi connectivity index (χ0n) is 15.5. The maximum atomic E-state index is 12.7. The van der Waals surface area contributed by atoms with E-state index < -0.39 is 0 Å². The van der Waals surface area contributed by atoms with E-state index in [2.05, 4.69) is 41.7 Å². The molecule has 138 valence electrons. The normalized spacial score (nSPS) is 12.9. The Bertz CT molecular complexity index is 819. The van der Waals surface area contributed by atoms with Crippen LogP contribution >= 0.6 is 0 Å². The lowest BCUT2D eigenvalue weighted by Crippen LogP contribution is -2.35. The van der Waals surface area contributed by atoms with Gasteiger partial charge in [0.05, 0.1) is 13.0 Å². The molecular formula is C24H25NO2. The summed E-state index contributed by atoms with van der Waals surface area (Å²) in [5.74, 6) is -0.517. The average Bonchev–Trinajstić information content (AvgIpc) is 2.74. The number of ether oxygens (including phenoxy) is 1. The van der Waals surface area contributed by atoms with Crippen molar-refractivity contribution >= 4 is 5.97 Å². The summed E-state index contributed by atoms with van der Waals surface area (Å²) in [6.07, 6.45) is 0.620. The lowest BCUT2D eigenvalue weighted by Gasteiger charge is -2.27. The monoisotopic (exact) mass is 359 g/mol. The van der Waals surface area contributed by atoms with Crippen LogP contribution in [0.4, 0.5) is 0 Å². The molecular weight excluding hydrogens is 334 g/mol. The standard InChI is InChI=1S/C24H25NO2/c1-27-24(26)22(17-19-11-5-2-6-12-19)23(21-15-9-4-10-16-21)25-18-20-13-7-3-8-14-20/h2-16,22-23,25H,17-18H2,1H3. The third-order valence-electron chi connectivity index (χ3n) is 4.73. The molecule has 0 aliphatic rings. The Morgan fingerprint density at radius 2 is 1.33 bits per heavy atom. The van der Waals surface area contributed by atoms with Crippen LogP contribution in [0.3, 0.4) is 0 Å². The minimum Gasteiger partial charge on any atom is -0.469 e. The summed E-state index contributed by atoms with van der Waals surface area (Å²) < 4.78 is 5.16. The molecule has 0 bridgehead atoms. The van der Waals surface area contributed by atoms with Crippen molar-refractivity contribution in [3.8, 4) is 0 Å². The van der Waals surface area contributed by atoms with Crippen molar-refractivity contribution in [2.75, 3.05) is 7.11 Å². The first-order valence-corrected chi connectivity index (χ1v) is 9.22. The van der Waals surface area contributed by atoms with Crippen molar-refractivity contribution in [3.05, 3.63) is 108 Å². The van der Waals surface area contributed by atoms with Crippen LogP contribution in [0.5, 0.6) is 0 Å². The van der Waals surface area contributed by atoms with Crippen LogP contribution in [0.2, 0.25) is 0 Å². The highest BCUT2D eigenvalue weighted by Gasteiger charge is 2.30. The van der Waals surface area contributed by atoms with E-state index in [-0.39, 0.29) is 17.9 Å². The fourth-order valence-corrected chi connectivity index (χ4v) is 3.33. The number of hydrogen-bond acceptors (Lipinski definition) is 3. The molecule has 0 heterocycles. The number of carbonyl (C=O) groups excluding carboxylic acids is 1. The Hall–Kier alpha value is -2.91. The smallest absolute Gasteiger partial charge is 0.310 e. The van der Waals surface area contributed by atoms with Gasteiger partial charge in [0.2, 0.25) is 0 Å². The molecule has 0 aliphatic carbocycles. The molecule has 0 aliphatic heterocycles. The molecule has 0 saturated heterocycles.